The zero-order valence-corrected chi connectivity index (χ0v) is 15.8. The first-order chi connectivity index (χ1) is 13.7. The predicted molar refractivity (Wildman–Crippen MR) is 104 cm³/mol. The lowest BCUT2D eigenvalue weighted by Gasteiger charge is -2.15. The predicted octanol–water partition coefficient (Wildman–Crippen LogP) is 3.66. The summed E-state index contributed by atoms with van der Waals surface area (Å²) in [4.78, 5) is 18.7. The van der Waals surface area contributed by atoms with Gasteiger partial charge in [0.05, 0.1) is 19.6 Å². The Morgan fingerprint density at radius 2 is 2.00 bits per heavy atom. The topological polar surface area (TPSA) is 77.7 Å². The number of rotatable bonds is 6. The summed E-state index contributed by atoms with van der Waals surface area (Å²) in [7, 11) is 1.59. The molecular weight excluding hydrogens is 358 g/mol. The van der Waals surface area contributed by atoms with Crippen LogP contribution in [0.3, 0.4) is 0 Å². The van der Waals surface area contributed by atoms with Gasteiger partial charge in [0.25, 0.3) is 0 Å². The van der Waals surface area contributed by atoms with Crippen LogP contribution in [0.15, 0.2) is 53.1 Å². The van der Waals surface area contributed by atoms with Gasteiger partial charge in [0.2, 0.25) is 17.6 Å². The maximum Gasteiger partial charge on any atom is 0.232 e. The van der Waals surface area contributed by atoms with Crippen LogP contribution in [0.4, 0.5) is 5.69 Å². The van der Waals surface area contributed by atoms with Crippen LogP contribution in [0.2, 0.25) is 0 Å². The summed E-state index contributed by atoms with van der Waals surface area (Å²) in [6, 6.07) is 15.1. The number of anilines is 1. The molecule has 2 aromatic carbocycles. The average molecular weight is 379 g/mol. The highest BCUT2D eigenvalue weighted by molar-refractivity contribution is 5.96. The van der Waals surface area contributed by atoms with E-state index >= 15 is 0 Å². The van der Waals surface area contributed by atoms with E-state index < -0.39 is 0 Å². The highest BCUT2D eigenvalue weighted by atomic mass is 16.5. The lowest BCUT2D eigenvalue weighted by Crippen LogP contribution is -2.24. The minimum Gasteiger partial charge on any atom is -0.493 e. The Hall–Kier alpha value is -3.35. The fourth-order valence-electron chi connectivity index (χ4n) is 3.33. The number of hydrogen-bond donors (Lipinski definition) is 0. The van der Waals surface area contributed by atoms with Gasteiger partial charge in [0, 0.05) is 24.2 Å². The summed E-state index contributed by atoms with van der Waals surface area (Å²) in [6.45, 7) is 2.99. The van der Waals surface area contributed by atoms with Crippen LogP contribution < -0.4 is 14.4 Å². The normalized spacial score (nSPS) is 16.4. The van der Waals surface area contributed by atoms with Crippen molar-refractivity contribution in [3.63, 3.8) is 0 Å². The molecule has 1 aliphatic rings. The fraction of sp³-hybridized carbons (Fsp3) is 0.286. The third kappa shape index (κ3) is 3.43. The van der Waals surface area contributed by atoms with Crippen molar-refractivity contribution in [3.8, 4) is 22.9 Å². The van der Waals surface area contributed by atoms with E-state index in [0.717, 1.165) is 11.3 Å². The molecule has 3 aromatic rings. The van der Waals surface area contributed by atoms with Gasteiger partial charge in [0.1, 0.15) is 0 Å². The fourth-order valence-corrected chi connectivity index (χ4v) is 3.33. The van der Waals surface area contributed by atoms with E-state index in [1.54, 1.807) is 12.0 Å². The zero-order chi connectivity index (χ0) is 19.5. The van der Waals surface area contributed by atoms with Crippen molar-refractivity contribution in [2.45, 2.75) is 19.3 Å². The highest BCUT2D eigenvalue weighted by Crippen LogP contribution is 2.34. The first-order valence-electron chi connectivity index (χ1n) is 9.19. The van der Waals surface area contributed by atoms with E-state index in [4.69, 9.17) is 14.0 Å². The third-order valence-electron chi connectivity index (χ3n) is 4.71. The second-order valence-corrected chi connectivity index (χ2v) is 6.50. The molecule has 0 spiro atoms. The molecule has 1 unspecified atom stereocenters. The molecule has 7 heteroatoms. The lowest BCUT2D eigenvalue weighted by atomic mass is 10.1. The van der Waals surface area contributed by atoms with Gasteiger partial charge in [-0.1, -0.05) is 23.4 Å². The van der Waals surface area contributed by atoms with Crippen molar-refractivity contribution in [1.82, 2.24) is 10.1 Å². The molecule has 1 aromatic heterocycles. The average Bonchev–Trinajstić information content (AvgIpc) is 3.36. The van der Waals surface area contributed by atoms with Crippen LogP contribution in [-0.4, -0.2) is 36.3 Å². The summed E-state index contributed by atoms with van der Waals surface area (Å²) in [6.07, 6.45) is 0.350. The Kier molecular flexibility index (Phi) is 4.97. The number of ether oxygens (including phenoxy) is 2. The highest BCUT2D eigenvalue weighted by Gasteiger charge is 2.35. The van der Waals surface area contributed by atoms with Gasteiger partial charge in [-0.25, -0.2) is 0 Å². The number of amides is 1. The molecule has 1 saturated heterocycles. The Labute approximate surface area is 162 Å². The number of carbonyl (C=O) groups is 1. The van der Waals surface area contributed by atoms with Crippen molar-refractivity contribution in [2.75, 3.05) is 25.2 Å². The van der Waals surface area contributed by atoms with Gasteiger partial charge in [0.15, 0.2) is 11.5 Å². The number of methoxy groups -OCH3 is 1. The van der Waals surface area contributed by atoms with Gasteiger partial charge in [-0.3, -0.25) is 4.79 Å². The molecule has 1 fully saturated rings. The van der Waals surface area contributed by atoms with Gasteiger partial charge in [-0.05, 0) is 37.3 Å². The first kappa shape index (κ1) is 18.0. The van der Waals surface area contributed by atoms with E-state index in [-0.39, 0.29) is 11.8 Å². The molecule has 1 atom stereocenters. The lowest BCUT2D eigenvalue weighted by molar-refractivity contribution is -0.117. The van der Waals surface area contributed by atoms with Crippen LogP contribution >= 0.6 is 0 Å². The number of hydrogen-bond acceptors (Lipinski definition) is 6. The largest absolute Gasteiger partial charge is 0.493 e. The molecular formula is C21H21N3O4. The van der Waals surface area contributed by atoms with Crippen molar-refractivity contribution in [3.05, 3.63) is 54.4 Å². The Bertz CT molecular complexity index is 971. The van der Waals surface area contributed by atoms with Crippen LogP contribution in [-0.2, 0) is 4.79 Å². The monoisotopic (exact) mass is 379 g/mol. The number of benzene rings is 2. The van der Waals surface area contributed by atoms with Gasteiger partial charge >= 0.3 is 0 Å². The molecule has 28 heavy (non-hydrogen) atoms. The molecule has 1 aliphatic heterocycles. The van der Waals surface area contributed by atoms with Gasteiger partial charge < -0.3 is 18.9 Å². The van der Waals surface area contributed by atoms with Crippen LogP contribution in [0.25, 0.3) is 11.4 Å². The van der Waals surface area contributed by atoms with Crippen LogP contribution in [0, 0.1) is 0 Å². The van der Waals surface area contributed by atoms with Crippen molar-refractivity contribution < 1.29 is 18.8 Å². The number of aromatic nitrogens is 2. The minimum atomic E-state index is -0.126. The summed E-state index contributed by atoms with van der Waals surface area (Å²) in [5.41, 5.74) is 1.64. The van der Waals surface area contributed by atoms with E-state index in [2.05, 4.69) is 10.1 Å². The Balaban J connectivity index is 1.54. The minimum absolute atomic E-state index is 0.0543. The molecule has 2 heterocycles. The Morgan fingerprint density at radius 3 is 2.75 bits per heavy atom. The van der Waals surface area contributed by atoms with Crippen molar-refractivity contribution in [2.24, 2.45) is 0 Å². The van der Waals surface area contributed by atoms with Gasteiger partial charge in [-0.2, -0.15) is 4.98 Å². The quantitative estimate of drug-likeness (QED) is 0.650. The number of carbonyl (C=O) groups excluding carboxylic acids is 1. The molecule has 0 radical (unpaired) electrons. The molecule has 0 bridgehead atoms. The van der Waals surface area contributed by atoms with Crippen molar-refractivity contribution in [1.29, 1.82) is 0 Å². The van der Waals surface area contributed by atoms with Crippen LogP contribution in [0.5, 0.6) is 11.5 Å². The molecule has 0 aliphatic carbocycles. The molecule has 0 N–H and O–H groups in total. The van der Waals surface area contributed by atoms with Crippen LogP contribution in [0.1, 0.15) is 25.2 Å². The summed E-state index contributed by atoms with van der Waals surface area (Å²) >= 11 is 0. The van der Waals surface area contributed by atoms with Crippen molar-refractivity contribution >= 4 is 11.6 Å². The third-order valence-corrected chi connectivity index (χ3v) is 4.71. The molecule has 144 valence electrons. The second kappa shape index (κ2) is 7.72. The Morgan fingerprint density at radius 1 is 1.18 bits per heavy atom. The summed E-state index contributed by atoms with van der Waals surface area (Å²) < 4.78 is 16.4. The van der Waals surface area contributed by atoms with Gasteiger partial charge in [-0.15, -0.1) is 0 Å². The number of para-hydroxylation sites is 1. The zero-order valence-electron chi connectivity index (χ0n) is 15.8. The summed E-state index contributed by atoms with van der Waals surface area (Å²) in [5, 5.41) is 4.09. The van der Waals surface area contributed by atoms with E-state index in [0.29, 0.717) is 42.8 Å². The maximum atomic E-state index is 12.4. The van der Waals surface area contributed by atoms with E-state index in [1.165, 1.54) is 0 Å². The molecule has 0 saturated carbocycles. The SMILES string of the molecule is CCOc1ccc(-c2noc(C3CC(=O)N(c4ccccc4)C3)n2)cc1OC. The second-order valence-electron chi connectivity index (χ2n) is 6.50. The molecule has 1 amide bonds. The standard InChI is InChI=1S/C21H21N3O4/c1-3-27-17-10-9-14(11-18(17)26-2)20-22-21(28-23-20)15-12-19(25)24(13-15)16-7-5-4-6-8-16/h4-11,15H,3,12-13H2,1-2H3. The first-order valence-corrected chi connectivity index (χ1v) is 9.19. The summed E-state index contributed by atoms with van der Waals surface area (Å²) in [5.74, 6) is 2.13. The molecule has 7 nitrogen and oxygen atoms in total. The smallest absolute Gasteiger partial charge is 0.232 e. The molecule has 4 rings (SSSR count). The van der Waals surface area contributed by atoms with E-state index in [1.807, 2.05) is 55.5 Å². The number of nitrogens with zero attached hydrogens (tertiary/aromatic N) is 3. The van der Waals surface area contributed by atoms with E-state index in [9.17, 15) is 4.79 Å². The maximum absolute atomic E-state index is 12.4.